The molecule has 0 aliphatic carbocycles. The van der Waals surface area contributed by atoms with Crippen LogP contribution in [0, 0.1) is 0 Å². The Morgan fingerprint density at radius 1 is 1.05 bits per heavy atom. The summed E-state index contributed by atoms with van der Waals surface area (Å²) in [5.74, 6) is -0.638. The molecular formula is C16H17NO4S. The van der Waals surface area contributed by atoms with Gasteiger partial charge in [-0.2, -0.15) is 4.72 Å². The predicted molar refractivity (Wildman–Crippen MR) is 83.4 cm³/mol. The summed E-state index contributed by atoms with van der Waals surface area (Å²) in [7, 11) is -3.55. The van der Waals surface area contributed by atoms with Crippen molar-refractivity contribution in [1.29, 1.82) is 0 Å². The van der Waals surface area contributed by atoms with Gasteiger partial charge in [0.25, 0.3) is 0 Å². The summed E-state index contributed by atoms with van der Waals surface area (Å²) in [5, 5.41) is 0. The maximum Gasteiger partial charge on any atom is 0.329 e. The summed E-state index contributed by atoms with van der Waals surface area (Å²) < 4.78 is 30.5. The molecule has 0 fully saturated rings. The molecule has 2 aromatic carbocycles. The Morgan fingerprint density at radius 3 is 2.14 bits per heavy atom. The Labute approximate surface area is 130 Å². The third kappa shape index (κ3) is 4.98. The highest BCUT2D eigenvalue weighted by Gasteiger charge is 2.25. The van der Waals surface area contributed by atoms with E-state index in [0.29, 0.717) is 5.56 Å². The molecule has 0 aliphatic heterocycles. The molecule has 1 N–H and O–H groups in total. The quantitative estimate of drug-likeness (QED) is 0.827. The molecule has 6 heteroatoms. The molecule has 0 spiro atoms. The SMILES string of the molecule is CS(=O)(=O)N[C@H](C(=O)OCc1ccccc1)c1ccccc1. The van der Waals surface area contributed by atoms with Crippen LogP contribution < -0.4 is 4.72 Å². The van der Waals surface area contributed by atoms with Crippen LogP contribution in [0.3, 0.4) is 0 Å². The van der Waals surface area contributed by atoms with Crippen molar-refractivity contribution in [2.24, 2.45) is 0 Å². The van der Waals surface area contributed by atoms with Crippen LogP contribution in [0.15, 0.2) is 60.7 Å². The molecule has 0 radical (unpaired) electrons. The van der Waals surface area contributed by atoms with Crippen LogP contribution in [0.5, 0.6) is 0 Å². The zero-order valence-electron chi connectivity index (χ0n) is 12.1. The topological polar surface area (TPSA) is 72.5 Å². The van der Waals surface area contributed by atoms with E-state index >= 15 is 0 Å². The van der Waals surface area contributed by atoms with Gasteiger partial charge in [-0.15, -0.1) is 0 Å². The first-order valence-electron chi connectivity index (χ1n) is 6.68. The summed E-state index contributed by atoms with van der Waals surface area (Å²) in [4.78, 5) is 12.2. The Morgan fingerprint density at radius 2 is 1.59 bits per heavy atom. The molecule has 1 atom stereocenters. The Hall–Kier alpha value is -2.18. The number of ether oxygens (including phenoxy) is 1. The lowest BCUT2D eigenvalue weighted by Gasteiger charge is -2.17. The molecule has 0 aliphatic rings. The second kappa shape index (κ2) is 7.20. The largest absolute Gasteiger partial charge is 0.459 e. The molecule has 0 unspecified atom stereocenters. The highest BCUT2D eigenvalue weighted by atomic mass is 32.2. The number of hydrogen-bond donors (Lipinski definition) is 1. The van der Waals surface area contributed by atoms with Crippen LogP contribution in [0.4, 0.5) is 0 Å². The van der Waals surface area contributed by atoms with Crippen LogP contribution in [0.25, 0.3) is 0 Å². The van der Waals surface area contributed by atoms with E-state index in [1.807, 2.05) is 30.3 Å². The third-order valence-corrected chi connectivity index (χ3v) is 3.59. The first-order valence-corrected chi connectivity index (χ1v) is 8.57. The Bertz CT molecular complexity index is 714. The van der Waals surface area contributed by atoms with Gasteiger partial charge in [0, 0.05) is 0 Å². The van der Waals surface area contributed by atoms with E-state index in [2.05, 4.69) is 4.72 Å². The first kappa shape index (κ1) is 16.2. The molecule has 0 heterocycles. The van der Waals surface area contributed by atoms with Gasteiger partial charge in [0.1, 0.15) is 12.6 Å². The Balaban J connectivity index is 2.12. The monoisotopic (exact) mass is 319 g/mol. The van der Waals surface area contributed by atoms with Crippen LogP contribution >= 0.6 is 0 Å². The van der Waals surface area contributed by atoms with Crippen molar-refractivity contribution < 1.29 is 17.9 Å². The molecule has 0 saturated heterocycles. The molecule has 5 nitrogen and oxygen atoms in total. The number of hydrogen-bond acceptors (Lipinski definition) is 4. The van der Waals surface area contributed by atoms with Gasteiger partial charge in [-0.25, -0.2) is 13.2 Å². The fourth-order valence-corrected chi connectivity index (χ4v) is 2.58. The number of esters is 1. The van der Waals surface area contributed by atoms with Gasteiger partial charge in [0.05, 0.1) is 6.26 Å². The minimum Gasteiger partial charge on any atom is -0.459 e. The van der Waals surface area contributed by atoms with Gasteiger partial charge >= 0.3 is 5.97 Å². The predicted octanol–water partition coefficient (Wildman–Crippen LogP) is 2.02. The van der Waals surface area contributed by atoms with Gasteiger partial charge < -0.3 is 4.74 Å². The van der Waals surface area contributed by atoms with Crippen molar-refractivity contribution in [3.8, 4) is 0 Å². The molecule has 0 bridgehead atoms. The fraction of sp³-hybridized carbons (Fsp3) is 0.188. The lowest BCUT2D eigenvalue weighted by Crippen LogP contribution is -2.34. The van der Waals surface area contributed by atoms with Gasteiger partial charge in [0.15, 0.2) is 0 Å². The van der Waals surface area contributed by atoms with E-state index < -0.39 is 22.0 Å². The fourth-order valence-electron chi connectivity index (χ4n) is 1.92. The van der Waals surface area contributed by atoms with Crippen molar-refractivity contribution in [2.45, 2.75) is 12.6 Å². The van der Waals surface area contributed by atoms with Crippen molar-refractivity contribution in [2.75, 3.05) is 6.26 Å². The molecule has 0 aromatic heterocycles. The number of rotatable bonds is 6. The van der Waals surface area contributed by atoms with Crippen LogP contribution in [-0.2, 0) is 26.2 Å². The highest BCUT2D eigenvalue weighted by molar-refractivity contribution is 7.88. The summed E-state index contributed by atoms with van der Waals surface area (Å²) in [5.41, 5.74) is 1.37. The van der Waals surface area contributed by atoms with Crippen LogP contribution in [0.2, 0.25) is 0 Å². The number of carbonyl (C=O) groups excluding carboxylic acids is 1. The second-order valence-electron chi connectivity index (χ2n) is 4.83. The summed E-state index contributed by atoms with van der Waals surface area (Å²) in [6.45, 7) is 0.0917. The normalized spacial score (nSPS) is 12.6. The van der Waals surface area contributed by atoms with E-state index in [0.717, 1.165) is 11.8 Å². The summed E-state index contributed by atoms with van der Waals surface area (Å²) in [6.07, 6.45) is 1.01. The number of carbonyl (C=O) groups is 1. The third-order valence-electron chi connectivity index (χ3n) is 2.92. The minimum atomic E-state index is -3.55. The molecular weight excluding hydrogens is 302 g/mol. The van der Waals surface area contributed by atoms with Gasteiger partial charge in [-0.1, -0.05) is 60.7 Å². The second-order valence-corrected chi connectivity index (χ2v) is 6.61. The van der Waals surface area contributed by atoms with Gasteiger partial charge in [-0.3, -0.25) is 0 Å². The highest BCUT2D eigenvalue weighted by Crippen LogP contribution is 2.16. The van der Waals surface area contributed by atoms with Crippen molar-refractivity contribution in [1.82, 2.24) is 4.72 Å². The van der Waals surface area contributed by atoms with E-state index in [-0.39, 0.29) is 6.61 Å². The molecule has 22 heavy (non-hydrogen) atoms. The maximum atomic E-state index is 12.2. The zero-order valence-corrected chi connectivity index (χ0v) is 12.9. The molecule has 2 aromatic rings. The Kier molecular flexibility index (Phi) is 5.30. The summed E-state index contributed by atoms with van der Waals surface area (Å²) in [6, 6.07) is 16.7. The van der Waals surface area contributed by atoms with Gasteiger partial charge in [0.2, 0.25) is 10.0 Å². The van der Waals surface area contributed by atoms with E-state index in [4.69, 9.17) is 4.74 Å². The number of nitrogens with one attached hydrogen (secondary N) is 1. The van der Waals surface area contributed by atoms with Crippen molar-refractivity contribution >= 4 is 16.0 Å². The van der Waals surface area contributed by atoms with E-state index in [1.54, 1.807) is 30.3 Å². The summed E-state index contributed by atoms with van der Waals surface area (Å²) >= 11 is 0. The molecule has 0 saturated carbocycles. The molecule has 0 amide bonds. The molecule has 2 rings (SSSR count). The van der Waals surface area contributed by atoms with Crippen molar-refractivity contribution in [3.05, 3.63) is 71.8 Å². The average molecular weight is 319 g/mol. The zero-order chi connectivity index (χ0) is 16.0. The van der Waals surface area contributed by atoms with Crippen LogP contribution in [0.1, 0.15) is 17.2 Å². The first-order chi connectivity index (χ1) is 10.5. The average Bonchev–Trinajstić information content (AvgIpc) is 2.51. The standard InChI is InChI=1S/C16H17NO4S/c1-22(19,20)17-15(14-10-6-3-7-11-14)16(18)21-12-13-8-4-2-5-9-13/h2-11,15,17H,12H2,1H3/t15-/m0/s1. The lowest BCUT2D eigenvalue weighted by molar-refractivity contribution is -0.147. The minimum absolute atomic E-state index is 0.0917. The van der Waals surface area contributed by atoms with Crippen LogP contribution in [-0.4, -0.2) is 20.6 Å². The lowest BCUT2D eigenvalue weighted by atomic mass is 10.1. The smallest absolute Gasteiger partial charge is 0.329 e. The van der Waals surface area contributed by atoms with E-state index in [9.17, 15) is 13.2 Å². The van der Waals surface area contributed by atoms with E-state index in [1.165, 1.54) is 0 Å². The number of benzene rings is 2. The van der Waals surface area contributed by atoms with Gasteiger partial charge in [-0.05, 0) is 11.1 Å². The molecule has 116 valence electrons. The maximum absolute atomic E-state index is 12.2. The van der Waals surface area contributed by atoms with Crippen molar-refractivity contribution in [3.63, 3.8) is 0 Å². The number of sulfonamides is 1.